The van der Waals surface area contributed by atoms with Crippen molar-refractivity contribution in [1.29, 1.82) is 0 Å². The predicted molar refractivity (Wildman–Crippen MR) is 92.5 cm³/mol. The number of hydrogen-bond acceptors (Lipinski definition) is 2. The van der Waals surface area contributed by atoms with E-state index >= 15 is 0 Å². The molecule has 2 aromatic rings. The van der Waals surface area contributed by atoms with Gasteiger partial charge in [0.15, 0.2) is 0 Å². The van der Waals surface area contributed by atoms with E-state index in [1.54, 1.807) is 0 Å². The molecule has 3 heteroatoms. The third kappa shape index (κ3) is 3.90. The molecule has 0 bridgehead atoms. The lowest BCUT2D eigenvalue weighted by molar-refractivity contribution is 0.356. The molecule has 2 aromatic carbocycles. The van der Waals surface area contributed by atoms with E-state index in [1.807, 2.05) is 24.3 Å². The lowest BCUT2D eigenvalue weighted by atomic mass is 10.1. The summed E-state index contributed by atoms with van der Waals surface area (Å²) in [6.07, 6.45) is 5.34. The molecule has 1 heterocycles. The van der Waals surface area contributed by atoms with Crippen molar-refractivity contribution >= 4 is 17.7 Å². The van der Waals surface area contributed by atoms with Gasteiger partial charge in [0, 0.05) is 24.5 Å². The average Bonchev–Trinajstić information content (AvgIpc) is 2.97. The highest BCUT2D eigenvalue weighted by molar-refractivity contribution is 6.30. The summed E-state index contributed by atoms with van der Waals surface area (Å²) in [6, 6.07) is 14.4. The van der Waals surface area contributed by atoms with E-state index in [0.717, 1.165) is 36.9 Å². The molecule has 0 aliphatic carbocycles. The summed E-state index contributed by atoms with van der Waals surface area (Å²) < 4.78 is 5.55. The van der Waals surface area contributed by atoms with Crippen LogP contribution in [0.2, 0.25) is 5.02 Å². The van der Waals surface area contributed by atoms with Crippen LogP contribution in [-0.4, -0.2) is 25.1 Å². The summed E-state index contributed by atoms with van der Waals surface area (Å²) in [5.74, 6) is 1.05. The van der Waals surface area contributed by atoms with E-state index in [-0.39, 0.29) is 0 Å². The first-order valence-corrected chi connectivity index (χ1v) is 7.94. The van der Waals surface area contributed by atoms with Gasteiger partial charge in [0.1, 0.15) is 5.75 Å². The van der Waals surface area contributed by atoms with Gasteiger partial charge in [-0.3, -0.25) is 4.90 Å². The quantitative estimate of drug-likeness (QED) is 0.810. The Balaban J connectivity index is 1.54. The molecule has 0 saturated carbocycles. The summed E-state index contributed by atoms with van der Waals surface area (Å²) in [6.45, 7) is 2.67. The van der Waals surface area contributed by atoms with Crippen LogP contribution in [0.1, 0.15) is 16.7 Å². The van der Waals surface area contributed by atoms with Crippen LogP contribution in [0.15, 0.2) is 48.5 Å². The van der Waals surface area contributed by atoms with Crippen LogP contribution in [0.5, 0.6) is 5.75 Å². The molecule has 0 unspecified atom stereocenters. The zero-order valence-electron chi connectivity index (χ0n) is 12.8. The van der Waals surface area contributed by atoms with Gasteiger partial charge >= 0.3 is 0 Å². The smallest absolute Gasteiger partial charge is 0.122 e. The molecule has 0 N–H and O–H groups in total. The maximum atomic E-state index is 5.89. The molecular formula is C19H20ClNO. The monoisotopic (exact) mass is 313 g/mol. The molecule has 114 valence electrons. The summed E-state index contributed by atoms with van der Waals surface area (Å²) in [5.41, 5.74) is 3.85. The van der Waals surface area contributed by atoms with Crippen molar-refractivity contribution in [2.24, 2.45) is 0 Å². The highest BCUT2D eigenvalue weighted by Gasteiger charge is 2.12. The standard InChI is InChI=1S/C19H20ClNO/c1-21(11-2-3-15-4-7-18(20)8-5-15)14-16-6-9-19-17(13-16)10-12-22-19/h2-9,13H,10-12,14H2,1H3. The summed E-state index contributed by atoms with van der Waals surface area (Å²) in [7, 11) is 2.13. The van der Waals surface area contributed by atoms with E-state index in [4.69, 9.17) is 16.3 Å². The van der Waals surface area contributed by atoms with Crippen LogP contribution < -0.4 is 4.74 Å². The average molecular weight is 314 g/mol. The van der Waals surface area contributed by atoms with E-state index < -0.39 is 0 Å². The van der Waals surface area contributed by atoms with Crippen LogP contribution >= 0.6 is 11.6 Å². The number of fused-ring (bicyclic) bond motifs is 1. The van der Waals surface area contributed by atoms with Crippen molar-refractivity contribution in [3.05, 3.63) is 70.3 Å². The maximum absolute atomic E-state index is 5.89. The number of rotatable bonds is 5. The predicted octanol–water partition coefficient (Wildman–Crippen LogP) is 4.42. The Morgan fingerprint density at radius 3 is 2.82 bits per heavy atom. The molecule has 0 radical (unpaired) electrons. The lowest BCUT2D eigenvalue weighted by Gasteiger charge is -2.15. The van der Waals surface area contributed by atoms with Crippen molar-refractivity contribution in [2.45, 2.75) is 13.0 Å². The van der Waals surface area contributed by atoms with Crippen molar-refractivity contribution in [3.63, 3.8) is 0 Å². The third-order valence-electron chi connectivity index (χ3n) is 3.80. The fraction of sp³-hybridized carbons (Fsp3) is 0.263. The van der Waals surface area contributed by atoms with Gasteiger partial charge in [-0.1, -0.05) is 48.0 Å². The van der Waals surface area contributed by atoms with Crippen LogP contribution in [0, 0.1) is 0 Å². The Kier molecular flexibility index (Phi) is 4.81. The third-order valence-corrected chi connectivity index (χ3v) is 4.06. The molecule has 0 atom stereocenters. The van der Waals surface area contributed by atoms with Crippen molar-refractivity contribution < 1.29 is 4.74 Å². The number of ether oxygens (including phenoxy) is 1. The second kappa shape index (κ2) is 6.99. The Bertz CT molecular complexity index is 664. The minimum Gasteiger partial charge on any atom is -0.493 e. The second-order valence-electron chi connectivity index (χ2n) is 5.69. The fourth-order valence-electron chi connectivity index (χ4n) is 2.66. The number of hydrogen-bond donors (Lipinski definition) is 0. The minimum absolute atomic E-state index is 0.773. The summed E-state index contributed by atoms with van der Waals surface area (Å²) in [4.78, 5) is 2.30. The van der Waals surface area contributed by atoms with Gasteiger partial charge in [0.2, 0.25) is 0 Å². The Morgan fingerprint density at radius 1 is 1.18 bits per heavy atom. The summed E-state index contributed by atoms with van der Waals surface area (Å²) >= 11 is 5.89. The molecule has 0 saturated heterocycles. The largest absolute Gasteiger partial charge is 0.493 e. The Hall–Kier alpha value is -1.77. The molecule has 0 amide bonds. The Morgan fingerprint density at radius 2 is 2.00 bits per heavy atom. The van der Waals surface area contributed by atoms with Crippen molar-refractivity contribution in [3.8, 4) is 5.75 Å². The van der Waals surface area contributed by atoms with Crippen LogP contribution in [-0.2, 0) is 13.0 Å². The van der Waals surface area contributed by atoms with Crippen LogP contribution in [0.25, 0.3) is 6.08 Å². The zero-order chi connectivity index (χ0) is 15.4. The van der Waals surface area contributed by atoms with Gasteiger partial charge in [-0.05, 0) is 41.9 Å². The number of nitrogens with zero attached hydrogens (tertiary/aromatic N) is 1. The van der Waals surface area contributed by atoms with E-state index in [0.29, 0.717) is 0 Å². The zero-order valence-corrected chi connectivity index (χ0v) is 13.5. The van der Waals surface area contributed by atoms with E-state index in [1.165, 1.54) is 16.7 Å². The number of benzene rings is 2. The molecule has 0 fully saturated rings. The first kappa shape index (κ1) is 15.1. The lowest BCUT2D eigenvalue weighted by Crippen LogP contribution is -2.17. The SMILES string of the molecule is CN(CC=Cc1ccc(Cl)cc1)Cc1ccc2c(c1)CCO2. The van der Waals surface area contributed by atoms with E-state index in [2.05, 4.69) is 42.3 Å². The van der Waals surface area contributed by atoms with Gasteiger partial charge in [0.25, 0.3) is 0 Å². The van der Waals surface area contributed by atoms with Gasteiger partial charge < -0.3 is 4.74 Å². The molecule has 0 aromatic heterocycles. The number of likely N-dealkylation sites (N-methyl/N-ethyl adjacent to an activating group) is 1. The normalized spacial score (nSPS) is 13.6. The summed E-state index contributed by atoms with van der Waals surface area (Å²) in [5, 5.41) is 0.773. The van der Waals surface area contributed by atoms with Crippen LogP contribution in [0.4, 0.5) is 0 Å². The molecule has 3 rings (SSSR count). The van der Waals surface area contributed by atoms with E-state index in [9.17, 15) is 0 Å². The molecule has 2 nitrogen and oxygen atoms in total. The second-order valence-corrected chi connectivity index (χ2v) is 6.13. The highest BCUT2D eigenvalue weighted by Crippen LogP contribution is 2.26. The van der Waals surface area contributed by atoms with Gasteiger partial charge in [-0.15, -0.1) is 0 Å². The Labute approximate surface area is 137 Å². The molecule has 22 heavy (non-hydrogen) atoms. The van der Waals surface area contributed by atoms with Gasteiger partial charge in [0.05, 0.1) is 6.61 Å². The first-order chi connectivity index (χ1) is 10.7. The van der Waals surface area contributed by atoms with Crippen molar-refractivity contribution in [2.75, 3.05) is 20.2 Å². The van der Waals surface area contributed by atoms with Gasteiger partial charge in [-0.25, -0.2) is 0 Å². The van der Waals surface area contributed by atoms with Crippen molar-refractivity contribution in [1.82, 2.24) is 4.90 Å². The molecule has 1 aliphatic heterocycles. The topological polar surface area (TPSA) is 12.5 Å². The minimum atomic E-state index is 0.773. The maximum Gasteiger partial charge on any atom is 0.122 e. The fourth-order valence-corrected chi connectivity index (χ4v) is 2.78. The van der Waals surface area contributed by atoms with Crippen LogP contribution in [0.3, 0.4) is 0 Å². The highest BCUT2D eigenvalue weighted by atomic mass is 35.5. The van der Waals surface area contributed by atoms with Gasteiger partial charge in [-0.2, -0.15) is 0 Å². The molecular weight excluding hydrogens is 294 g/mol. The molecule has 1 aliphatic rings. The number of halogens is 1. The molecule has 0 spiro atoms. The first-order valence-electron chi connectivity index (χ1n) is 7.56.